The maximum Gasteiger partial charge on any atom is 0.0716 e. The van der Waals surface area contributed by atoms with Gasteiger partial charge < -0.3 is 19.3 Å². The summed E-state index contributed by atoms with van der Waals surface area (Å²) in [6.07, 6.45) is 38.0. The molecule has 0 aromatic heterocycles. The molecule has 0 fully saturated rings. The summed E-state index contributed by atoms with van der Waals surface area (Å²) < 4.78 is 12.3. The Morgan fingerprint density at radius 2 is 0.534 bits per heavy atom. The summed E-state index contributed by atoms with van der Waals surface area (Å²) in [5.41, 5.74) is 5.04. The van der Waals surface area contributed by atoms with Crippen molar-refractivity contribution < 1.29 is 9.47 Å². The van der Waals surface area contributed by atoms with Gasteiger partial charge in [-0.15, -0.1) is 0 Å². The van der Waals surface area contributed by atoms with Gasteiger partial charge in [0, 0.05) is 13.2 Å². The molecule has 0 heterocycles. The standard InChI is InChI=1S/C54H96N2O2/c1-5-9-13-17-21-25-41-55(42-26-22-18-14-10-6-2)45-29-31-47-57-49-51-33-37-53(38-34-51)54-39-35-52(36-40-54)50-58-48-32-30-46-56(43-27-23-19-15-11-7-3)44-28-24-20-16-12-8-4/h33-40H,5-32,41-50H2,1-4H3. The van der Waals surface area contributed by atoms with Gasteiger partial charge in [0.05, 0.1) is 13.2 Å². The van der Waals surface area contributed by atoms with E-state index in [1.165, 1.54) is 228 Å². The number of benzene rings is 2. The van der Waals surface area contributed by atoms with E-state index in [1.54, 1.807) is 0 Å². The molecule has 0 bridgehead atoms. The molecule has 4 heteroatoms. The summed E-state index contributed by atoms with van der Waals surface area (Å²) in [7, 11) is 0. The molecule has 2 aromatic rings. The van der Waals surface area contributed by atoms with Crippen molar-refractivity contribution in [2.75, 3.05) is 52.5 Å². The van der Waals surface area contributed by atoms with Crippen LogP contribution in [0.25, 0.3) is 11.1 Å². The molecule has 58 heavy (non-hydrogen) atoms. The number of rotatable bonds is 43. The first-order valence-corrected chi connectivity index (χ1v) is 25.5. The van der Waals surface area contributed by atoms with Gasteiger partial charge in [0.25, 0.3) is 0 Å². The highest BCUT2D eigenvalue weighted by atomic mass is 16.5. The lowest BCUT2D eigenvalue weighted by Crippen LogP contribution is -2.27. The minimum Gasteiger partial charge on any atom is -0.377 e. The first-order valence-electron chi connectivity index (χ1n) is 25.5. The summed E-state index contributed by atoms with van der Waals surface area (Å²) in [6, 6.07) is 17.9. The van der Waals surface area contributed by atoms with Crippen LogP contribution < -0.4 is 0 Å². The van der Waals surface area contributed by atoms with Crippen LogP contribution in [0.3, 0.4) is 0 Å². The Labute approximate surface area is 362 Å². The molecule has 0 aliphatic heterocycles. The van der Waals surface area contributed by atoms with Crippen LogP contribution in [0.15, 0.2) is 48.5 Å². The maximum absolute atomic E-state index is 6.13. The Morgan fingerprint density at radius 1 is 0.293 bits per heavy atom. The number of unbranched alkanes of at least 4 members (excludes halogenated alkanes) is 22. The monoisotopic (exact) mass is 805 g/mol. The van der Waals surface area contributed by atoms with Crippen LogP contribution in [-0.4, -0.2) is 62.3 Å². The van der Waals surface area contributed by atoms with Gasteiger partial charge in [-0.05, 0) is 113 Å². The molecule has 0 saturated heterocycles. The van der Waals surface area contributed by atoms with Crippen molar-refractivity contribution in [3.05, 3.63) is 59.7 Å². The van der Waals surface area contributed by atoms with Gasteiger partial charge in [-0.3, -0.25) is 0 Å². The smallest absolute Gasteiger partial charge is 0.0716 e. The Balaban J connectivity index is 1.62. The fourth-order valence-electron chi connectivity index (χ4n) is 8.18. The number of hydrogen-bond acceptors (Lipinski definition) is 4. The van der Waals surface area contributed by atoms with Gasteiger partial charge in [0.1, 0.15) is 0 Å². The zero-order chi connectivity index (χ0) is 41.4. The van der Waals surface area contributed by atoms with E-state index >= 15 is 0 Å². The van der Waals surface area contributed by atoms with Crippen LogP contribution in [0.1, 0.15) is 219 Å². The van der Waals surface area contributed by atoms with Gasteiger partial charge in [0.15, 0.2) is 0 Å². The minimum atomic E-state index is 0.700. The SMILES string of the molecule is CCCCCCCCN(CCCCCCCC)CCCCOCc1ccc(-c2ccc(COCCCCN(CCCCCCCC)CCCCCCCC)cc2)cc1. The van der Waals surface area contributed by atoms with E-state index in [0.29, 0.717) is 13.2 Å². The second-order valence-corrected chi connectivity index (χ2v) is 17.7. The average molecular weight is 805 g/mol. The topological polar surface area (TPSA) is 24.9 Å². The van der Waals surface area contributed by atoms with Crippen LogP contribution in [0.4, 0.5) is 0 Å². The lowest BCUT2D eigenvalue weighted by molar-refractivity contribution is 0.114. The van der Waals surface area contributed by atoms with Gasteiger partial charge in [0.2, 0.25) is 0 Å². The summed E-state index contributed by atoms with van der Waals surface area (Å²) in [4.78, 5) is 5.50. The Kier molecular flexibility index (Phi) is 35.6. The lowest BCUT2D eigenvalue weighted by atomic mass is 10.0. The summed E-state index contributed by atoms with van der Waals surface area (Å²) in [5.74, 6) is 0. The second-order valence-electron chi connectivity index (χ2n) is 17.7. The zero-order valence-corrected chi connectivity index (χ0v) is 39.2. The van der Waals surface area contributed by atoms with Crippen molar-refractivity contribution in [3.63, 3.8) is 0 Å². The van der Waals surface area contributed by atoms with E-state index in [0.717, 1.165) is 26.1 Å². The summed E-state index contributed by atoms with van der Waals surface area (Å²) in [6.45, 7) is 19.9. The van der Waals surface area contributed by atoms with Crippen LogP contribution in [0.2, 0.25) is 0 Å². The predicted octanol–water partition coefficient (Wildman–Crippen LogP) is 16.0. The van der Waals surface area contributed by atoms with E-state index in [1.807, 2.05) is 0 Å². The fourth-order valence-corrected chi connectivity index (χ4v) is 8.18. The van der Waals surface area contributed by atoms with Crippen LogP contribution in [0, 0.1) is 0 Å². The third kappa shape index (κ3) is 29.5. The molecule has 0 aliphatic rings. The third-order valence-corrected chi connectivity index (χ3v) is 12.1. The Bertz CT molecular complexity index is 997. The zero-order valence-electron chi connectivity index (χ0n) is 39.2. The van der Waals surface area contributed by atoms with E-state index in [9.17, 15) is 0 Å². The van der Waals surface area contributed by atoms with Crippen molar-refractivity contribution >= 4 is 0 Å². The van der Waals surface area contributed by atoms with Crippen LogP contribution in [-0.2, 0) is 22.7 Å². The molecule has 0 saturated carbocycles. The van der Waals surface area contributed by atoms with Gasteiger partial charge >= 0.3 is 0 Å². The fraction of sp³-hybridized carbons (Fsp3) is 0.778. The number of nitrogens with zero attached hydrogens (tertiary/aromatic N) is 2. The highest BCUT2D eigenvalue weighted by molar-refractivity contribution is 5.63. The van der Waals surface area contributed by atoms with Gasteiger partial charge in [-0.25, -0.2) is 0 Å². The Morgan fingerprint density at radius 3 is 0.810 bits per heavy atom. The van der Waals surface area contributed by atoms with Crippen LogP contribution >= 0.6 is 0 Å². The van der Waals surface area contributed by atoms with Crippen molar-refractivity contribution in [2.45, 2.75) is 221 Å². The molecular formula is C54H96N2O2. The van der Waals surface area contributed by atoms with Gasteiger partial charge in [-0.1, -0.05) is 205 Å². The Hall–Kier alpha value is -1.72. The predicted molar refractivity (Wildman–Crippen MR) is 256 cm³/mol. The van der Waals surface area contributed by atoms with Crippen molar-refractivity contribution in [3.8, 4) is 11.1 Å². The molecule has 334 valence electrons. The lowest BCUT2D eigenvalue weighted by Gasteiger charge is -2.22. The molecular weight excluding hydrogens is 709 g/mol. The molecule has 0 aliphatic carbocycles. The number of hydrogen-bond donors (Lipinski definition) is 0. The van der Waals surface area contributed by atoms with E-state index < -0.39 is 0 Å². The molecule has 2 aromatic carbocycles. The summed E-state index contributed by atoms with van der Waals surface area (Å²) in [5, 5.41) is 0. The molecule has 0 amide bonds. The first kappa shape index (κ1) is 52.4. The minimum absolute atomic E-state index is 0.700. The highest BCUT2D eigenvalue weighted by Crippen LogP contribution is 2.21. The molecule has 0 N–H and O–H groups in total. The van der Waals surface area contributed by atoms with Crippen molar-refractivity contribution in [1.82, 2.24) is 9.80 Å². The second kappa shape index (κ2) is 39.4. The van der Waals surface area contributed by atoms with Crippen molar-refractivity contribution in [2.24, 2.45) is 0 Å². The van der Waals surface area contributed by atoms with Crippen molar-refractivity contribution in [1.29, 1.82) is 0 Å². The van der Waals surface area contributed by atoms with Crippen LogP contribution in [0.5, 0.6) is 0 Å². The maximum atomic E-state index is 6.13. The van der Waals surface area contributed by atoms with E-state index in [-0.39, 0.29) is 0 Å². The summed E-state index contributed by atoms with van der Waals surface area (Å²) >= 11 is 0. The van der Waals surface area contributed by atoms with E-state index in [2.05, 4.69) is 86.0 Å². The third-order valence-electron chi connectivity index (χ3n) is 12.1. The van der Waals surface area contributed by atoms with Gasteiger partial charge in [-0.2, -0.15) is 0 Å². The largest absolute Gasteiger partial charge is 0.377 e. The van der Waals surface area contributed by atoms with E-state index in [4.69, 9.17) is 9.47 Å². The average Bonchev–Trinajstić information content (AvgIpc) is 3.25. The number of ether oxygens (including phenoxy) is 2. The molecule has 0 unspecified atom stereocenters. The molecule has 4 nitrogen and oxygen atoms in total. The molecule has 2 rings (SSSR count). The molecule has 0 atom stereocenters. The molecule has 0 radical (unpaired) electrons. The first-order chi connectivity index (χ1) is 28.7. The normalized spacial score (nSPS) is 11.8. The molecule has 0 spiro atoms. The quantitative estimate of drug-likeness (QED) is 0.0624. The highest BCUT2D eigenvalue weighted by Gasteiger charge is 2.08.